The van der Waals surface area contributed by atoms with Crippen molar-refractivity contribution in [2.45, 2.75) is 15.8 Å². The molecule has 2 atom stereocenters. The van der Waals surface area contributed by atoms with Crippen LogP contribution in [-0.4, -0.2) is 23.6 Å². The van der Waals surface area contributed by atoms with Crippen LogP contribution in [0.25, 0.3) is 0 Å². The van der Waals surface area contributed by atoms with Crippen molar-refractivity contribution < 1.29 is 17.6 Å². The summed E-state index contributed by atoms with van der Waals surface area (Å²) < 4.78 is 40.2. The van der Waals surface area contributed by atoms with Gasteiger partial charge >= 0.3 is 0 Å². The molecular weight excluding hydrogens is 496 g/mol. The van der Waals surface area contributed by atoms with Crippen molar-refractivity contribution >= 4 is 73.9 Å². The third-order valence-electron chi connectivity index (χ3n) is 4.10. The molecule has 0 spiro atoms. The number of hydrogen-bond donors (Lipinski definition) is 3. The van der Waals surface area contributed by atoms with Crippen LogP contribution in [0, 0.1) is 5.82 Å². The number of carbonyl (C=O) groups excluding carboxylic acids is 1. The van der Waals surface area contributed by atoms with Gasteiger partial charge in [0.05, 0.1) is 16.3 Å². The Morgan fingerprint density at radius 3 is 2.57 bits per heavy atom. The van der Waals surface area contributed by atoms with Gasteiger partial charge in [-0.3, -0.25) is 9.52 Å². The van der Waals surface area contributed by atoms with E-state index in [4.69, 9.17) is 40.5 Å². The van der Waals surface area contributed by atoms with E-state index in [1.54, 1.807) is 6.07 Å². The maximum Gasteiger partial charge on any atom is 0.260 e. The molecule has 0 aliphatic carbocycles. The number of nitrogens with one attached hydrogen (secondary N) is 2. The number of sulfonamides is 1. The Kier molecular flexibility index (Phi) is 7.21. The van der Waals surface area contributed by atoms with Crippen LogP contribution in [0.4, 0.5) is 15.8 Å². The molecule has 0 fully saturated rings. The first-order valence-electron chi connectivity index (χ1n) is 8.39. The number of alkyl halides is 1. The van der Waals surface area contributed by atoms with Crippen molar-refractivity contribution in [1.82, 2.24) is 0 Å². The van der Waals surface area contributed by atoms with Gasteiger partial charge < -0.3 is 11.1 Å². The zero-order chi connectivity index (χ0) is 22.1. The number of carbonyl (C=O) groups is 1. The highest BCUT2D eigenvalue weighted by atomic mass is 35.5. The van der Waals surface area contributed by atoms with Crippen molar-refractivity contribution in [3.05, 3.63) is 69.5 Å². The normalized spacial score (nSPS) is 18.8. The Morgan fingerprint density at radius 1 is 1.23 bits per heavy atom. The van der Waals surface area contributed by atoms with Gasteiger partial charge in [0, 0.05) is 17.3 Å². The van der Waals surface area contributed by atoms with E-state index in [2.05, 4.69) is 10.0 Å². The number of amides is 1. The van der Waals surface area contributed by atoms with E-state index < -0.39 is 31.0 Å². The first-order valence-corrected chi connectivity index (χ1v) is 12.1. The lowest BCUT2D eigenvalue weighted by molar-refractivity contribution is 0.102. The molecule has 4 N–H and O–H groups in total. The predicted octanol–water partition coefficient (Wildman–Crippen LogP) is 4.69. The first kappa shape index (κ1) is 23.2. The lowest BCUT2D eigenvalue weighted by Crippen LogP contribution is -2.24. The molecule has 1 aliphatic rings. The minimum Gasteiger partial charge on any atom is -0.326 e. The summed E-state index contributed by atoms with van der Waals surface area (Å²) in [6.45, 7) is 0.0394. The molecule has 3 rings (SSSR count). The summed E-state index contributed by atoms with van der Waals surface area (Å²) >= 11 is 18.7. The summed E-state index contributed by atoms with van der Waals surface area (Å²) in [5.74, 6) is -1.56. The zero-order valence-corrected chi connectivity index (χ0v) is 18.9. The minimum atomic E-state index is -3.90. The average Bonchev–Trinajstić information content (AvgIpc) is 3.01. The van der Waals surface area contributed by atoms with Crippen LogP contribution in [0.2, 0.25) is 5.02 Å². The molecule has 2 aromatic rings. The molecular formula is C18H15Cl3FN3O3S2. The number of nitrogens with two attached hydrogens (primary N) is 1. The molecule has 0 saturated heterocycles. The molecule has 160 valence electrons. The van der Waals surface area contributed by atoms with E-state index in [0.717, 1.165) is 17.8 Å². The fourth-order valence-corrected chi connectivity index (χ4v) is 6.57. The van der Waals surface area contributed by atoms with Crippen LogP contribution in [0.15, 0.2) is 47.5 Å². The Hall–Kier alpha value is -1.49. The third kappa shape index (κ3) is 5.04. The summed E-state index contributed by atoms with van der Waals surface area (Å²) in [5.41, 5.74) is 6.25. The van der Waals surface area contributed by atoms with Gasteiger partial charge in [0.25, 0.3) is 5.91 Å². The number of benzene rings is 2. The van der Waals surface area contributed by atoms with E-state index in [-0.39, 0.29) is 33.5 Å². The fraction of sp³-hybridized carbons (Fsp3) is 0.167. The summed E-state index contributed by atoms with van der Waals surface area (Å²) in [6, 6.07) is 8.33. The van der Waals surface area contributed by atoms with Crippen LogP contribution in [0.5, 0.6) is 0 Å². The second-order valence-corrected chi connectivity index (χ2v) is 11.0. The standard InChI is InChI=1S/C18H15Cl3FN3O3S2/c19-11-2-1-3-13(22)16(11)18(26)24-10-5-4-9(8-23)14(6-10)25-30(27,28)15-7-12(20)17(21)29-15/h1-7,15,17,25H,8,23H2,(H,24,26). The summed E-state index contributed by atoms with van der Waals surface area (Å²) in [5, 5.41) is 2.69. The summed E-state index contributed by atoms with van der Waals surface area (Å²) in [6.07, 6.45) is 1.35. The van der Waals surface area contributed by atoms with Crippen LogP contribution in [-0.2, 0) is 16.6 Å². The molecule has 0 aromatic heterocycles. The van der Waals surface area contributed by atoms with Crippen molar-refractivity contribution in [3.8, 4) is 0 Å². The second kappa shape index (κ2) is 9.33. The number of thioether (sulfide) groups is 1. The number of anilines is 2. The Labute approximate surface area is 192 Å². The van der Waals surface area contributed by atoms with Crippen molar-refractivity contribution in [3.63, 3.8) is 0 Å². The maximum absolute atomic E-state index is 14.0. The van der Waals surface area contributed by atoms with Gasteiger partial charge in [0.1, 0.15) is 15.1 Å². The topological polar surface area (TPSA) is 101 Å². The number of rotatable bonds is 6. The highest BCUT2D eigenvalue weighted by Crippen LogP contribution is 2.40. The Balaban J connectivity index is 1.86. The highest BCUT2D eigenvalue weighted by Gasteiger charge is 2.34. The molecule has 0 bridgehead atoms. The Morgan fingerprint density at radius 2 is 1.97 bits per heavy atom. The van der Waals surface area contributed by atoms with Gasteiger partial charge in [-0.25, -0.2) is 12.8 Å². The average molecular weight is 511 g/mol. The zero-order valence-electron chi connectivity index (χ0n) is 15.0. The van der Waals surface area contributed by atoms with Gasteiger partial charge in [-0.05, 0) is 35.9 Å². The van der Waals surface area contributed by atoms with Gasteiger partial charge in [-0.2, -0.15) is 0 Å². The van der Waals surface area contributed by atoms with E-state index in [0.29, 0.717) is 5.56 Å². The second-order valence-electron chi connectivity index (χ2n) is 6.15. The molecule has 1 aliphatic heterocycles. The van der Waals surface area contributed by atoms with Crippen LogP contribution in [0.1, 0.15) is 15.9 Å². The molecule has 2 unspecified atom stereocenters. The molecule has 30 heavy (non-hydrogen) atoms. The quantitative estimate of drug-likeness (QED) is 0.489. The maximum atomic E-state index is 14.0. The van der Waals surface area contributed by atoms with Crippen molar-refractivity contribution in [1.29, 1.82) is 0 Å². The minimum absolute atomic E-state index is 0.0394. The molecule has 0 radical (unpaired) electrons. The van der Waals surface area contributed by atoms with E-state index in [9.17, 15) is 17.6 Å². The van der Waals surface area contributed by atoms with Crippen LogP contribution in [0.3, 0.4) is 0 Å². The van der Waals surface area contributed by atoms with E-state index in [1.165, 1.54) is 30.3 Å². The SMILES string of the molecule is NCc1ccc(NC(=O)c2c(F)cccc2Cl)cc1NS(=O)(=O)C1C=C(Cl)C(Cl)S1. The Bertz CT molecular complexity index is 1110. The smallest absolute Gasteiger partial charge is 0.260 e. The molecule has 6 nitrogen and oxygen atoms in total. The van der Waals surface area contributed by atoms with Gasteiger partial charge in [-0.1, -0.05) is 35.3 Å². The van der Waals surface area contributed by atoms with Crippen LogP contribution >= 0.6 is 46.6 Å². The fourth-order valence-electron chi connectivity index (χ4n) is 2.64. The van der Waals surface area contributed by atoms with E-state index >= 15 is 0 Å². The highest BCUT2D eigenvalue weighted by molar-refractivity contribution is 8.15. The monoisotopic (exact) mass is 509 g/mol. The van der Waals surface area contributed by atoms with Crippen LogP contribution < -0.4 is 15.8 Å². The molecule has 1 amide bonds. The lowest BCUT2D eigenvalue weighted by Gasteiger charge is -2.16. The lowest BCUT2D eigenvalue weighted by atomic mass is 10.1. The molecule has 1 heterocycles. The molecule has 2 aromatic carbocycles. The van der Waals surface area contributed by atoms with Crippen molar-refractivity contribution in [2.24, 2.45) is 5.73 Å². The van der Waals surface area contributed by atoms with Gasteiger partial charge in [-0.15, -0.1) is 23.4 Å². The third-order valence-corrected chi connectivity index (χ3v) is 8.79. The number of hydrogen-bond acceptors (Lipinski definition) is 5. The largest absolute Gasteiger partial charge is 0.326 e. The van der Waals surface area contributed by atoms with E-state index in [1.807, 2.05) is 0 Å². The van der Waals surface area contributed by atoms with Gasteiger partial charge in [0.15, 0.2) is 0 Å². The summed E-state index contributed by atoms with van der Waals surface area (Å²) in [7, 11) is -3.90. The predicted molar refractivity (Wildman–Crippen MR) is 121 cm³/mol. The van der Waals surface area contributed by atoms with Gasteiger partial charge in [0.2, 0.25) is 10.0 Å². The number of halogens is 4. The molecule has 12 heteroatoms. The first-order chi connectivity index (χ1) is 14.1. The summed E-state index contributed by atoms with van der Waals surface area (Å²) in [4.78, 5) is 12.4. The van der Waals surface area contributed by atoms with Crippen molar-refractivity contribution in [2.75, 3.05) is 10.0 Å². The molecule has 0 saturated carbocycles.